The molecule has 1 unspecified atom stereocenters. The Balaban J connectivity index is 0. The molecule has 0 bridgehead atoms. The largest absolute Gasteiger partial charge is 0.397 e. The van der Waals surface area contributed by atoms with E-state index >= 15 is 0 Å². The Labute approximate surface area is 105 Å². The van der Waals surface area contributed by atoms with Gasteiger partial charge in [0.2, 0.25) is 0 Å². The van der Waals surface area contributed by atoms with Crippen LogP contribution in [0, 0.1) is 0 Å². The first-order valence-electron chi connectivity index (χ1n) is 4.55. The van der Waals surface area contributed by atoms with Crippen LogP contribution in [-0.4, -0.2) is 62.1 Å². The fraction of sp³-hybridized carbons (Fsp3) is 1.00. The van der Waals surface area contributed by atoms with E-state index in [1.807, 2.05) is 0 Å². The smallest absolute Gasteiger partial charge is 0.394 e. The van der Waals surface area contributed by atoms with Gasteiger partial charge in [-0.3, -0.25) is 9.11 Å². The minimum atomic E-state index is -4.66. The van der Waals surface area contributed by atoms with Crippen molar-refractivity contribution in [2.24, 2.45) is 0 Å². The van der Waals surface area contributed by atoms with Crippen LogP contribution in [0.25, 0.3) is 0 Å². The summed E-state index contributed by atoms with van der Waals surface area (Å²) in [5.41, 5.74) is 0. The molecular formula is C6H16O10S2. The molecule has 0 aliphatic rings. The molecule has 0 saturated carbocycles. The topological polar surface area (TPSA) is 168 Å². The quantitative estimate of drug-likeness (QED) is 0.401. The normalized spacial score (nSPS) is 13.6. The van der Waals surface area contributed by atoms with Gasteiger partial charge in [0, 0.05) is 0 Å². The number of rotatable bonds is 7. The van der Waals surface area contributed by atoms with Crippen molar-refractivity contribution in [3.63, 3.8) is 0 Å². The number of hydrogen-bond acceptors (Lipinski definition) is 8. The Morgan fingerprint density at radius 3 is 1.67 bits per heavy atom. The third-order valence-corrected chi connectivity index (χ3v) is 2.17. The minimum absolute atomic E-state index is 0.0787. The monoisotopic (exact) mass is 312 g/mol. The Morgan fingerprint density at radius 2 is 1.44 bits per heavy atom. The van der Waals surface area contributed by atoms with Crippen LogP contribution in [-0.2, 0) is 29.2 Å². The maximum atomic E-state index is 10.2. The molecule has 0 radical (unpaired) electrons. The predicted molar refractivity (Wildman–Crippen MR) is 58.4 cm³/mol. The van der Waals surface area contributed by atoms with E-state index in [0.29, 0.717) is 0 Å². The summed E-state index contributed by atoms with van der Waals surface area (Å²) in [6, 6.07) is 0. The number of hydrogen-bond donors (Lipinski definition) is 4. The van der Waals surface area contributed by atoms with Crippen molar-refractivity contribution in [1.82, 2.24) is 0 Å². The Kier molecular flexibility index (Phi) is 10.6. The molecule has 4 N–H and O–H groups in total. The van der Waals surface area contributed by atoms with Gasteiger partial charge in [0.15, 0.2) is 0 Å². The van der Waals surface area contributed by atoms with Crippen LogP contribution in [0.1, 0.15) is 13.3 Å². The van der Waals surface area contributed by atoms with Crippen LogP contribution >= 0.6 is 0 Å². The van der Waals surface area contributed by atoms with E-state index in [-0.39, 0.29) is 19.6 Å². The highest BCUT2D eigenvalue weighted by Gasteiger charge is 2.18. The fourth-order valence-electron chi connectivity index (χ4n) is 0.548. The molecule has 0 aromatic heterocycles. The first kappa shape index (κ1) is 20.0. The Bertz CT molecular complexity index is 383. The third-order valence-electron chi connectivity index (χ3n) is 1.22. The maximum absolute atomic E-state index is 10.2. The van der Waals surface area contributed by atoms with Gasteiger partial charge < -0.3 is 10.2 Å². The molecule has 10 nitrogen and oxygen atoms in total. The van der Waals surface area contributed by atoms with Gasteiger partial charge >= 0.3 is 20.8 Å². The molecule has 0 fully saturated rings. The summed E-state index contributed by atoms with van der Waals surface area (Å²) < 4.78 is 64.8. The summed E-state index contributed by atoms with van der Waals surface area (Å²) >= 11 is 0. The molecule has 0 heterocycles. The highest BCUT2D eigenvalue weighted by atomic mass is 32.3. The summed E-state index contributed by atoms with van der Waals surface area (Å²) in [6.45, 7) is 0.526. The summed E-state index contributed by atoms with van der Waals surface area (Å²) in [7, 11) is -9.30. The van der Waals surface area contributed by atoms with Gasteiger partial charge in [-0.05, 0) is 6.42 Å². The average Bonchev–Trinajstić information content (AvgIpc) is 2.22. The average molecular weight is 312 g/mol. The van der Waals surface area contributed by atoms with E-state index in [0.717, 1.165) is 0 Å². The molecule has 1 atom stereocenters. The molecule has 0 saturated heterocycles. The third kappa shape index (κ3) is 18.0. The molecular weight excluding hydrogens is 296 g/mol. The zero-order valence-electron chi connectivity index (χ0n) is 9.46. The van der Waals surface area contributed by atoms with Gasteiger partial charge in [-0.1, -0.05) is 6.92 Å². The lowest BCUT2D eigenvalue weighted by atomic mass is 10.3. The zero-order chi connectivity index (χ0) is 14.8. The summed E-state index contributed by atoms with van der Waals surface area (Å²) in [5.74, 6) is 0. The Morgan fingerprint density at radius 1 is 1.00 bits per heavy atom. The molecule has 0 rings (SSSR count). The van der Waals surface area contributed by atoms with Crippen LogP contribution in [0.4, 0.5) is 0 Å². The van der Waals surface area contributed by atoms with E-state index < -0.39 is 33.5 Å². The number of aliphatic hydroxyl groups excluding tert-OH is 2. The van der Waals surface area contributed by atoms with Crippen LogP contribution in [0.5, 0.6) is 0 Å². The zero-order valence-corrected chi connectivity index (χ0v) is 11.1. The highest BCUT2D eigenvalue weighted by molar-refractivity contribution is 7.81. The van der Waals surface area contributed by atoms with Gasteiger partial charge in [-0.25, -0.2) is 8.37 Å². The first-order chi connectivity index (χ1) is 8.05. The highest BCUT2D eigenvalue weighted by Crippen LogP contribution is 2.04. The molecule has 18 heavy (non-hydrogen) atoms. The Hall–Kier alpha value is -0.340. The standard InChI is InChI=1S/C4H10O8S2.C2H6O2/c1-2-4(12-14(8,9)10)3-11-13(5,6)7;3-1-2-4/h4H,2-3H2,1H3,(H,5,6,7)(H,8,9,10);3-4H,1-2H2. The fourth-order valence-corrected chi connectivity index (χ4v) is 1.41. The van der Waals surface area contributed by atoms with Crippen molar-refractivity contribution in [1.29, 1.82) is 0 Å². The summed E-state index contributed by atoms with van der Waals surface area (Å²) in [5, 5.41) is 15.2. The minimum Gasteiger partial charge on any atom is -0.394 e. The van der Waals surface area contributed by atoms with E-state index in [1.165, 1.54) is 6.92 Å². The van der Waals surface area contributed by atoms with Crippen LogP contribution in [0.2, 0.25) is 0 Å². The van der Waals surface area contributed by atoms with Crippen LogP contribution in [0.15, 0.2) is 0 Å². The molecule has 0 aliphatic heterocycles. The van der Waals surface area contributed by atoms with Crippen molar-refractivity contribution < 1.29 is 44.5 Å². The van der Waals surface area contributed by atoms with Crippen molar-refractivity contribution >= 4 is 20.8 Å². The molecule has 0 aliphatic carbocycles. The second kappa shape index (κ2) is 9.57. The van der Waals surface area contributed by atoms with Crippen LogP contribution < -0.4 is 0 Å². The van der Waals surface area contributed by atoms with Crippen molar-refractivity contribution in [3.05, 3.63) is 0 Å². The summed E-state index contributed by atoms with van der Waals surface area (Å²) in [6.07, 6.45) is -1.10. The van der Waals surface area contributed by atoms with Gasteiger partial charge in [0.25, 0.3) is 0 Å². The molecule has 0 aromatic carbocycles. The lowest BCUT2D eigenvalue weighted by Gasteiger charge is -2.11. The predicted octanol–water partition coefficient (Wildman–Crippen LogP) is -1.63. The van der Waals surface area contributed by atoms with Gasteiger partial charge in [0.05, 0.1) is 19.8 Å². The molecule has 0 amide bonds. The molecule has 112 valence electrons. The van der Waals surface area contributed by atoms with E-state index in [9.17, 15) is 16.8 Å². The molecule has 12 heteroatoms. The molecule has 0 spiro atoms. The number of aliphatic hydroxyl groups is 2. The molecule has 0 aromatic rings. The van der Waals surface area contributed by atoms with Crippen molar-refractivity contribution in [2.75, 3.05) is 19.8 Å². The van der Waals surface area contributed by atoms with Gasteiger partial charge in [-0.15, -0.1) is 0 Å². The first-order valence-corrected chi connectivity index (χ1v) is 7.28. The van der Waals surface area contributed by atoms with Crippen molar-refractivity contribution in [2.45, 2.75) is 19.4 Å². The SMILES string of the molecule is CCC(COS(=O)(=O)O)OS(=O)(=O)O.OCCO. The maximum Gasteiger partial charge on any atom is 0.397 e. The van der Waals surface area contributed by atoms with Crippen molar-refractivity contribution in [3.8, 4) is 0 Å². The van der Waals surface area contributed by atoms with Gasteiger partial charge in [-0.2, -0.15) is 16.8 Å². The lowest BCUT2D eigenvalue weighted by molar-refractivity contribution is 0.112. The van der Waals surface area contributed by atoms with Gasteiger partial charge in [0.1, 0.15) is 6.10 Å². The van der Waals surface area contributed by atoms with E-state index in [1.54, 1.807) is 0 Å². The van der Waals surface area contributed by atoms with Crippen LogP contribution in [0.3, 0.4) is 0 Å². The van der Waals surface area contributed by atoms with E-state index in [2.05, 4.69) is 8.37 Å². The lowest BCUT2D eigenvalue weighted by Crippen LogP contribution is -2.24. The summed E-state index contributed by atoms with van der Waals surface area (Å²) in [4.78, 5) is 0. The van der Waals surface area contributed by atoms with E-state index in [4.69, 9.17) is 19.3 Å². The second-order valence-electron chi connectivity index (χ2n) is 2.71. The second-order valence-corrected chi connectivity index (χ2v) is 4.85.